The molecule has 0 bridgehead atoms. The van der Waals surface area contributed by atoms with Gasteiger partial charge in [-0.05, 0) is 54.4 Å². The van der Waals surface area contributed by atoms with Crippen molar-refractivity contribution in [3.63, 3.8) is 0 Å². The van der Waals surface area contributed by atoms with Crippen LogP contribution in [0, 0.1) is 12.7 Å². The number of carbonyl (C=O) groups is 2. The number of rotatable bonds is 5. The number of halogens is 1. The summed E-state index contributed by atoms with van der Waals surface area (Å²) < 4.78 is 29.7. The second kappa shape index (κ2) is 7.98. The lowest BCUT2D eigenvalue weighted by Gasteiger charge is -2.19. The van der Waals surface area contributed by atoms with Gasteiger partial charge in [0, 0.05) is 11.8 Å². The maximum absolute atomic E-state index is 13.6. The summed E-state index contributed by atoms with van der Waals surface area (Å²) in [6, 6.07) is 15.8. The van der Waals surface area contributed by atoms with Gasteiger partial charge in [-0.15, -0.1) is 0 Å². The van der Waals surface area contributed by atoms with E-state index in [-0.39, 0.29) is 18.1 Å². The van der Waals surface area contributed by atoms with E-state index >= 15 is 0 Å². The van der Waals surface area contributed by atoms with Crippen LogP contribution in [0.5, 0.6) is 17.2 Å². The smallest absolute Gasteiger partial charge is 0.282 e. The molecule has 3 aromatic rings. The zero-order valence-electron chi connectivity index (χ0n) is 17.8. The predicted octanol–water partition coefficient (Wildman–Crippen LogP) is 4.27. The molecule has 0 spiro atoms. The number of methoxy groups -OCH3 is 1. The van der Waals surface area contributed by atoms with Crippen molar-refractivity contribution in [3.8, 4) is 17.2 Å². The molecule has 3 aromatic carbocycles. The van der Waals surface area contributed by atoms with E-state index in [1.807, 2.05) is 13.0 Å². The van der Waals surface area contributed by atoms with Crippen LogP contribution in [-0.2, 0) is 9.59 Å². The van der Waals surface area contributed by atoms with Crippen molar-refractivity contribution < 1.29 is 28.2 Å². The van der Waals surface area contributed by atoms with Crippen LogP contribution >= 0.6 is 0 Å². The standard InChI is InChI=1S/C25H19FN2O5/c1-14-3-9-19(31-2)18(11-14)28-24(29)22(15-4-6-16(26)7-5-15)23(25(28)30)27-17-8-10-20-21(12-17)33-13-32-20/h3-12,27H,13H2,1-2H3. The summed E-state index contributed by atoms with van der Waals surface area (Å²) in [5.41, 5.74) is 2.32. The SMILES string of the molecule is COc1ccc(C)cc1N1C(=O)C(Nc2ccc3c(c2)OCO3)=C(c2ccc(F)cc2)C1=O. The second-order valence-corrected chi connectivity index (χ2v) is 7.57. The Balaban J connectivity index is 1.62. The van der Waals surface area contributed by atoms with Gasteiger partial charge in [0.25, 0.3) is 11.8 Å². The minimum atomic E-state index is -0.555. The molecule has 2 amide bonds. The van der Waals surface area contributed by atoms with Crippen LogP contribution in [-0.4, -0.2) is 25.7 Å². The van der Waals surface area contributed by atoms with E-state index in [1.54, 1.807) is 30.3 Å². The first-order valence-corrected chi connectivity index (χ1v) is 10.2. The van der Waals surface area contributed by atoms with Gasteiger partial charge in [-0.2, -0.15) is 0 Å². The first-order valence-electron chi connectivity index (χ1n) is 10.2. The Morgan fingerprint density at radius 1 is 0.939 bits per heavy atom. The number of nitrogens with one attached hydrogen (secondary N) is 1. The lowest BCUT2D eigenvalue weighted by molar-refractivity contribution is -0.120. The van der Waals surface area contributed by atoms with Gasteiger partial charge in [-0.1, -0.05) is 18.2 Å². The van der Waals surface area contributed by atoms with Gasteiger partial charge in [0.05, 0.1) is 18.4 Å². The summed E-state index contributed by atoms with van der Waals surface area (Å²) in [4.78, 5) is 28.2. The summed E-state index contributed by atoms with van der Waals surface area (Å²) in [5.74, 6) is -0.0468. The minimum Gasteiger partial charge on any atom is -0.495 e. The van der Waals surface area contributed by atoms with Crippen molar-refractivity contribution >= 4 is 28.8 Å². The third-order valence-electron chi connectivity index (χ3n) is 5.43. The highest BCUT2D eigenvalue weighted by molar-refractivity contribution is 6.46. The molecule has 8 heteroatoms. The Morgan fingerprint density at radius 2 is 1.70 bits per heavy atom. The van der Waals surface area contributed by atoms with E-state index in [0.717, 1.165) is 10.5 Å². The number of benzene rings is 3. The van der Waals surface area contributed by atoms with E-state index in [9.17, 15) is 14.0 Å². The number of nitrogens with zero attached hydrogens (tertiary/aromatic N) is 1. The molecule has 0 atom stereocenters. The maximum Gasteiger partial charge on any atom is 0.282 e. The van der Waals surface area contributed by atoms with Crippen molar-refractivity contribution in [2.24, 2.45) is 0 Å². The van der Waals surface area contributed by atoms with Gasteiger partial charge >= 0.3 is 0 Å². The van der Waals surface area contributed by atoms with Crippen LogP contribution in [0.15, 0.2) is 66.4 Å². The molecular formula is C25H19FN2O5. The number of fused-ring (bicyclic) bond motifs is 1. The molecule has 0 unspecified atom stereocenters. The summed E-state index contributed by atoms with van der Waals surface area (Å²) in [5, 5.41) is 3.06. The highest BCUT2D eigenvalue weighted by atomic mass is 19.1. The molecule has 0 radical (unpaired) electrons. The number of imide groups is 1. The largest absolute Gasteiger partial charge is 0.495 e. The topological polar surface area (TPSA) is 77.1 Å². The van der Waals surface area contributed by atoms with Crippen molar-refractivity contribution in [2.75, 3.05) is 24.1 Å². The molecular weight excluding hydrogens is 427 g/mol. The number of anilines is 2. The van der Waals surface area contributed by atoms with Gasteiger partial charge < -0.3 is 19.5 Å². The monoisotopic (exact) mass is 446 g/mol. The molecule has 2 aliphatic rings. The third kappa shape index (κ3) is 3.55. The molecule has 166 valence electrons. The Kier molecular flexibility index (Phi) is 4.97. The lowest BCUT2D eigenvalue weighted by atomic mass is 10.0. The van der Waals surface area contributed by atoms with Gasteiger partial charge in [-0.3, -0.25) is 9.59 Å². The summed E-state index contributed by atoms with van der Waals surface area (Å²) >= 11 is 0. The van der Waals surface area contributed by atoms with Crippen LogP contribution in [0.25, 0.3) is 5.57 Å². The third-order valence-corrected chi connectivity index (χ3v) is 5.43. The van der Waals surface area contributed by atoms with Crippen LogP contribution in [0.3, 0.4) is 0 Å². The molecule has 2 aliphatic heterocycles. The summed E-state index contributed by atoms with van der Waals surface area (Å²) in [7, 11) is 1.47. The fourth-order valence-corrected chi connectivity index (χ4v) is 3.84. The molecule has 0 saturated heterocycles. The maximum atomic E-state index is 13.6. The van der Waals surface area contributed by atoms with Crippen molar-refractivity contribution in [3.05, 3.63) is 83.3 Å². The number of ether oxygens (including phenoxy) is 3. The van der Waals surface area contributed by atoms with Gasteiger partial charge in [0.1, 0.15) is 17.3 Å². The number of hydrogen-bond acceptors (Lipinski definition) is 6. The van der Waals surface area contributed by atoms with Crippen LogP contribution in [0.1, 0.15) is 11.1 Å². The molecule has 33 heavy (non-hydrogen) atoms. The number of hydrogen-bond donors (Lipinski definition) is 1. The molecule has 7 nitrogen and oxygen atoms in total. The van der Waals surface area contributed by atoms with Crippen LogP contribution < -0.4 is 24.4 Å². The Morgan fingerprint density at radius 3 is 2.45 bits per heavy atom. The molecule has 2 heterocycles. The highest BCUT2D eigenvalue weighted by Gasteiger charge is 2.41. The second-order valence-electron chi connectivity index (χ2n) is 7.57. The molecule has 0 saturated carbocycles. The van der Waals surface area contributed by atoms with Gasteiger partial charge in [0.2, 0.25) is 6.79 Å². The normalized spacial score (nSPS) is 14.8. The van der Waals surface area contributed by atoms with E-state index in [2.05, 4.69) is 5.32 Å². The van der Waals surface area contributed by atoms with E-state index < -0.39 is 17.6 Å². The van der Waals surface area contributed by atoms with Crippen molar-refractivity contribution in [1.29, 1.82) is 0 Å². The van der Waals surface area contributed by atoms with Crippen LogP contribution in [0.2, 0.25) is 0 Å². The lowest BCUT2D eigenvalue weighted by Crippen LogP contribution is -2.32. The highest BCUT2D eigenvalue weighted by Crippen LogP contribution is 2.40. The van der Waals surface area contributed by atoms with E-state index in [4.69, 9.17) is 14.2 Å². The first-order chi connectivity index (χ1) is 16.0. The quantitative estimate of drug-likeness (QED) is 0.590. The van der Waals surface area contributed by atoms with Crippen molar-refractivity contribution in [1.82, 2.24) is 0 Å². The Hall–Kier alpha value is -4.33. The fourth-order valence-electron chi connectivity index (χ4n) is 3.84. The van der Waals surface area contributed by atoms with Crippen molar-refractivity contribution in [2.45, 2.75) is 6.92 Å². The van der Waals surface area contributed by atoms with Crippen LogP contribution in [0.4, 0.5) is 15.8 Å². The zero-order valence-corrected chi connectivity index (χ0v) is 17.8. The predicted molar refractivity (Wildman–Crippen MR) is 120 cm³/mol. The number of carbonyl (C=O) groups excluding carboxylic acids is 2. The summed E-state index contributed by atoms with van der Waals surface area (Å²) in [6.45, 7) is 1.97. The fraction of sp³-hybridized carbons (Fsp3) is 0.120. The Labute approximate surface area is 189 Å². The number of aryl methyl sites for hydroxylation is 1. The summed E-state index contributed by atoms with van der Waals surface area (Å²) in [6.07, 6.45) is 0. The van der Waals surface area contributed by atoms with Gasteiger partial charge in [-0.25, -0.2) is 9.29 Å². The molecule has 5 rings (SSSR count). The number of amides is 2. The minimum absolute atomic E-state index is 0.0639. The van der Waals surface area contributed by atoms with Gasteiger partial charge in [0.15, 0.2) is 11.5 Å². The molecule has 0 aromatic heterocycles. The molecule has 0 fully saturated rings. The molecule has 0 aliphatic carbocycles. The average Bonchev–Trinajstić information content (AvgIpc) is 3.36. The zero-order chi connectivity index (χ0) is 23.1. The Bertz CT molecular complexity index is 1320. The van der Waals surface area contributed by atoms with E-state index in [1.165, 1.54) is 31.4 Å². The van der Waals surface area contributed by atoms with E-state index in [0.29, 0.717) is 34.2 Å². The molecule has 1 N–H and O–H groups in total. The first kappa shape index (κ1) is 20.6. The average molecular weight is 446 g/mol.